The summed E-state index contributed by atoms with van der Waals surface area (Å²) in [6.07, 6.45) is 0.301. The predicted molar refractivity (Wildman–Crippen MR) is 101 cm³/mol. The van der Waals surface area contributed by atoms with Crippen LogP contribution in [-0.4, -0.2) is 28.2 Å². The lowest BCUT2D eigenvalue weighted by Crippen LogP contribution is -2.33. The lowest BCUT2D eigenvalue weighted by atomic mass is 10.1. The topological polar surface area (TPSA) is 69.9 Å². The Labute approximate surface area is 153 Å². The molecule has 130 valence electrons. The van der Waals surface area contributed by atoms with Crippen molar-refractivity contribution in [3.8, 4) is 6.07 Å². The van der Waals surface area contributed by atoms with Gasteiger partial charge in [-0.1, -0.05) is 17.8 Å². The highest BCUT2D eigenvalue weighted by Gasteiger charge is 2.17. The smallest absolute Gasteiger partial charge is 0.237 e. The third kappa shape index (κ3) is 5.57. The van der Waals surface area contributed by atoms with Crippen LogP contribution in [0.15, 0.2) is 29.3 Å². The summed E-state index contributed by atoms with van der Waals surface area (Å²) in [5.74, 6) is 0.943. The van der Waals surface area contributed by atoms with E-state index in [1.807, 2.05) is 45.9 Å². The van der Waals surface area contributed by atoms with Gasteiger partial charge in [0.25, 0.3) is 0 Å². The fourth-order valence-corrected chi connectivity index (χ4v) is 3.51. The number of thioether (sulfide) groups is 1. The Morgan fingerprint density at radius 3 is 2.40 bits per heavy atom. The van der Waals surface area contributed by atoms with Crippen molar-refractivity contribution in [2.75, 3.05) is 17.2 Å². The third-order valence-corrected chi connectivity index (χ3v) is 4.45. The molecule has 1 aromatic heterocycles. The van der Waals surface area contributed by atoms with Gasteiger partial charge in [0.2, 0.25) is 5.91 Å². The van der Waals surface area contributed by atoms with Crippen molar-refractivity contribution in [1.29, 1.82) is 5.26 Å². The van der Waals surface area contributed by atoms with E-state index in [4.69, 9.17) is 5.26 Å². The van der Waals surface area contributed by atoms with E-state index < -0.39 is 0 Å². The summed E-state index contributed by atoms with van der Waals surface area (Å²) in [5, 5.41) is 9.70. The first-order valence-corrected chi connectivity index (χ1v) is 9.08. The molecule has 5 nitrogen and oxygen atoms in total. The number of aryl methyl sites for hydroxylation is 4. The number of aromatic nitrogens is 2. The zero-order valence-corrected chi connectivity index (χ0v) is 15.9. The molecular weight excluding hydrogens is 332 g/mol. The van der Waals surface area contributed by atoms with Gasteiger partial charge in [0.1, 0.15) is 10.9 Å². The van der Waals surface area contributed by atoms with Crippen LogP contribution in [0.1, 0.15) is 29.1 Å². The van der Waals surface area contributed by atoms with Crippen LogP contribution < -0.4 is 4.90 Å². The van der Waals surface area contributed by atoms with E-state index in [2.05, 4.69) is 22.1 Å². The normalized spacial score (nSPS) is 10.4. The highest BCUT2D eigenvalue weighted by molar-refractivity contribution is 7.99. The number of hydrogen-bond acceptors (Lipinski definition) is 5. The van der Waals surface area contributed by atoms with Crippen LogP contribution in [0.2, 0.25) is 0 Å². The van der Waals surface area contributed by atoms with Crippen molar-refractivity contribution >= 4 is 23.4 Å². The molecule has 0 bridgehead atoms. The Morgan fingerprint density at radius 1 is 1.12 bits per heavy atom. The van der Waals surface area contributed by atoms with Gasteiger partial charge < -0.3 is 4.90 Å². The van der Waals surface area contributed by atoms with Crippen molar-refractivity contribution < 1.29 is 4.79 Å². The lowest BCUT2D eigenvalue weighted by Gasteiger charge is -2.22. The molecule has 2 rings (SSSR count). The van der Waals surface area contributed by atoms with Crippen LogP contribution in [0.25, 0.3) is 0 Å². The number of benzene rings is 1. The van der Waals surface area contributed by atoms with Crippen LogP contribution in [0.5, 0.6) is 0 Å². The summed E-state index contributed by atoms with van der Waals surface area (Å²) in [6, 6.07) is 10.0. The molecule has 0 fully saturated rings. The van der Waals surface area contributed by atoms with E-state index in [1.54, 1.807) is 4.90 Å². The minimum atomic E-state index is -0.0285. The maximum Gasteiger partial charge on any atom is 0.237 e. The number of anilines is 1. The molecule has 0 unspecified atom stereocenters. The summed E-state index contributed by atoms with van der Waals surface area (Å²) in [5.41, 5.74) is 3.92. The van der Waals surface area contributed by atoms with Crippen LogP contribution >= 0.6 is 11.8 Å². The molecule has 25 heavy (non-hydrogen) atoms. The summed E-state index contributed by atoms with van der Waals surface area (Å²) in [7, 11) is 0. The monoisotopic (exact) mass is 354 g/mol. The summed E-state index contributed by atoms with van der Waals surface area (Å²) < 4.78 is 0. The van der Waals surface area contributed by atoms with Crippen molar-refractivity contribution in [2.45, 2.75) is 39.1 Å². The van der Waals surface area contributed by atoms with E-state index in [0.717, 1.165) is 27.5 Å². The number of amides is 1. The Morgan fingerprint density at radius 2 is 1.80 bits per heavy atom. The highest BCUT2D eigenvalue weighted by Crippen LogP contribution is 2.22. The standard InChI is InChI=1S/C19H22N4OS/c1-13-8-14(2)10-17(9-13)23(7-5-6-20)19(24)12-25-18-11-15(3)21-16(4)22-18/h8-11H,5,7,12H2,1-4H3. The molecule has 0 radical (unpaired) electrons. The first-order chi connectivity index (χ1) is 11.9. The van der Waals surface area contributed by atoms with Crippen LogP contribution in [0, 0.1) is 39.0 Å². The highest BCUT2D eigenvalue weighted by atomic mass is 32.2. The van der Waals surface area contributed by atoms with Gasteiger partial charge in [-0.2, -0.15) is 5.26 Å². The average Bonchev–Trinajstić information content (AvgIpc) is 2.51. The second kappa shape index (κ2) is 8.63. The molecule has 0 aliphatic carbocycles. The summed E-state index contributed by atoms with van der Waals surface area (Å²) in [4.78, 5) is 23.1. The second-order valence-corrected chi connectivity index (χ2v) is 6.98. The molecule has 0 aliphatic rings. The van der Waals surface area contributed by atoms with Gasteiger partial charge in [0.15, 0.2) is 0 Å². The average molecular weight is 354 g/mol. The molecule has 0 spiro atoms. The summed E-state index contributed by atoms with van der Waals surface area (Å²) >= 11 is 1.40. The maximum atomic E-state index is 12.8. The fourth-order valence-electron chi connectivity index (χ4n) is 2.64. The van der Waals surface area contributed by atoms with Gasteiger partial charge >= 0.3 is 0 Å². The number of carbonyl (C=O) groups excluding carboxylic acids is 1. The van der Waals surface area contributed by atoms with Crippen molar-refractivity contribution in [3.05, 3.63) is 46.9 Å². The first-order valence-electron chi connectivity index (χ1n) is 8.09. The van der Waals surface area contributed by atoms with E-state index >= 15 is 0 Å². The quantitative estimate of drug-likeness (QED) is 0.584. The minimum absolute atomic E-state index is 0.0285. The molecule has 1 amide bonds. The number of nitriles is 1. The second-order valence-electron chi connectivity index (χ2n) is 5.98. The van der Waals surface area contributed by atoms with Crippen LogP contribution in [-0.2, 0) is 4.79 Å². The van der Waals surface area contributed by atoms with Crippen molar-refractivity contribution in [3.63, 3.8) is 0 Å². The number of carbonyl (C=O) groups is 1. The lowest BCUT2D eigenvalue weighted by molar-refractivity contribution is -0.116. The molecular formula is C19H22N4OS. The SMILES string of the molecule is Cc1cc(C)cc(N(CCC#N)C(=O)CSc2cc(C)nc(C)n2)c1. The van der Waals surface area contributed by atoms with Gasteiger partial charge in [-0.3, -0.25) is 4.79 Å². The Balaban J connectivity index is 2.16. The Hall–Kier alpha value is -2.39. The van der Waals surface area contributed by atoms with E-state index in [9.17, 15) is 4.79 Å². The van der Waals surface area contributed by atoms with Gasteiger partial charge in [-0.25, -0.2) is 9.97 Å². The van der Waals surface area contributed by atoms with E-state index in [-0.39, 0.29) is 11.7 Å². The maximum absolute atomic E-state index is 12.8. The molecule has 6 heteroatoms. The molecule has 1 aromatic carbocycles. The largest absolute Gasteiger partial charge is 0.311 e. The fraction of sp³-hybridized carbons (Fsp3) is 0.368. The molecule has 0 atom stereocenters. The van der Waals surface area contributed by atoms with E-state index in [1.165, 1.54) is 11.8 Å². The van der Waals surface area contributed by atoms with Crippen LogP contribution in [0.4, 0.5) is 5.69 Å². The number of nitrogens with zero attached hydrogens (tertiary/aromatic N) is 4. The van der Waals surface area contributed by atoms with Gasteiger partial charge in [-0.05, 0) is 57.0 Å². The number of hydrogen-bond donors (Lipinski definition) is 0. The van der Waals surface area contributed by atoms with Crippen molar-refractivity contribution in [1.82, 2.24) is 9.97 Å². The Kier molecular flexibility index (Phi) is 6.54. The predicted octanol–water partition coefficient (Wildman–Crippen LogP) is 3.75. The molecule has 2 aromatic rings. The zero-order chi connectivity index (χ0) is 18.4. The van der Waals surface area contributed by atoms with Gasteiger partial charge in [-0.15, -0.1) is 0 Å². The molecule has 1 heterocycles. The minimum Gasteiger partial charge on any atom is -0.311 e. The molecule has 0 N–H and O–H groups in total. The van der Waals surface area contributed by atoms with Crippen LogP contribution in [0.3, 0.4) is 0 Å². The zero-order valence-electron chi connectivity index (χ0n) is 15.0. The van der Waals surface area contributed by atoms with Crippen molar-refractivity contribution in [2.24, 2.45) is 0 Å². The third-order valence-electron chi connectivity index (χ3n) is 3.55. The van der Waals surface area contributed by atoms with Gasteiger partial charge in [0, 0.05) is 17.9 Å². The molecule has 0 saturated carbocycles. The van der Waals surface area contributed by atoms with Gasteiger partial charge in [0.05, 0.1) is 18.2 Å². The molecule has 0 aliphatic heterocycles. The first kappa shape index (κ1) is 18.9. The molecule has 0 saturated heterocycles. The van der Waals surface area contributed by atoms with E-state index in [0.29, 0.717) is 18.8 Å². The summed E-state index contributed by atoms with van der Waals surface area (Å²) in [6.45, 7) is 8.15. The number of rotatable bonds is 6. The Bertz CT molecular complexity index is 773.